The third-order valence-electron chi connectivity index (χ3n) is 7.14. The number of esters is 2. The van der Waals surface area contributed by atoms with Gasteiger partial charge in [-0.05, 0) is 31.5 Å². The molecule has 1 atom stereocenters. The molecule has 1 aliphatic rings. The van der Waals surface area contributed by atoms with E-state index < -0.39 is 17.9 Å². The van der Waals surface area contributed by atoms with Crippen LogP contribution < -0.4 is 25.4 Å². The van der Waals surface area contributed by atoms with E-state index in [4.69, 9.17) is 29.4 Å². The number of carbonyl (C=O) groups excluding carboxylic acids is 2. The molecule has 234 valence electrons. The van der Waals surface area contributed by atoms with Gasteiger partial charge in [-0.25, -0.2) is 14.6 Å². The van der Waals surface area contributed by atoms with E-state index >= 15 is 0 Å². The van der Waals surface area contributed by atoms with Crippen LogP contribution in [0, 0.1) is 0 Å². The van der Waals surface area contributed by atoms with Crippen molar-refractivity contribution >= 4 is 50.5 Å². The van der Waals surface area contributed by atoms with Crippen molar-refractivity contribution < 1.29 is 33.3 Å². The molecule has 1 aromatic heterocycles. The fourth-order valence-corrected chi connectivity index (χ4v) is 5.49. The first-order valence-corrected chi connectivity index (χ1v) is 14.6. The van der Waals surface area contributed by atoms with E-state index in [0.29, 0.717) is 63.2 Å². The Morgan fingerprint density at radius 2 is 1.75 bits per heavy atom. The lowest BCUT2D eigenvalue weighted by molar-refractivity contribution is -0.139. The maximum Gasteiger partial charge on any atom is 0.336 e. The second-order valence-corrected chi connectivity index (χ2v) is 10.7. The first-order chi connectivity index (χ1) is 21.1. The number of nitrogens with two attached hydrogens (primary N) is 1. The largest absolute Gasteiger partial charge is 0.493 e. The first-order valence-electron chi connectivity index (χ1n) is 13.8. The van der Waals surface area contributed by atoms with E-state index in [-0.39, 0.29) is 25.4 Å². The number of carbonyl (C=O) groups is 2. The predicted octanol–water partition coefficient (Wildman–Crippen LogP) is 4.10. The normalized spacial score (nSPS) is 14.8. The molecule has 1 unspecified atom stereocenters. The number of nitrogen functional groups attached to an aromatic ring is 1. The van der Waals surface area contributed by atoms with Gasteiger partial charge in [0.25, 0.3) is 0 Å². The molecule has 0 saturated carbocycles. The van der Waals surface area contributed by atoms with Crippen LogP contribution in [0.4, 0.5) is 11.8 Å². The number of methoxy groups -OCH3 is 3. The maximum atomic E-state index is 13.4. The summed E-state index contributed by atoms with van der Waals surface area (Å²) >= 11 is 3.58. The summed E-state index contributed by atoms with van der Waals surface area (Å²) in [5.41, 5.74) is 9.20. The summed E-state index contributed by atoms with van der Waals surface area (Å²) in [5, 5.41) is 3.84. The van der Waals surface area contributed by atoms with Gasteiger partial charge in [-0.3, -0.25) is 0 Å². The van der Waals surface area contributed by atoms with Crippen LogP contribution in [0.25, 0.3) is 10.9 Å². The Balaban J connectivity index is 1.58. The summed E-state index contributed by atoms with van der Waals surface area (Å²) in [6.07, 6.45) is 0. The third kappa shape index (κ3) is 6.73. The number of rotatable bonds is 12. The zero-order valence-electron chi connectivity index (χ0n) is 25.5. The van der Waals surface area contributed by atoms with Gasteiger partial charge in [0.05, 0.1) is 69.4 Å². The van der Waals surface area contributed by atoms with E-state index in [0.717, 1.165) is 4.47 Å². The Morgan fingerprint density at radius 1 is 1.05 bits per heavy atom. The molecule has 12 nitrogen and oxygen atoms in total. The van der Waals surface area contributed by atoms with Gasteiger partial charge in [0.1, 0.15) is 5.82 Å². The number of nitrogens with one attached hydrogen (secondary N) is 1. The standard InChI is InChI=1S/C31H36BrN5O7/c1-7-44-30(39)27-22(34-17(2)25(29(38)42-6)26(27)18-10-8-9-11-20(18)32)16-43-13-12-37(3)31-35-21-15-24(41-5)23(40-4)14-19(21)28(33)36-31/h8-11,14-15,26,34H,7,12-13,16H2,1-6H3,(H2,33,35,36). The highest BCUT2D eigenvalue weighted by atomic mass is 79.9. The predicted molar refractivity (Wildman–Crippen MR) is 170 cm³/mol. The molecule has 0 radical (unpaired) electrons. The minimum Gasteiger partial charge on any atom is -0.493 e. The van der Waals surface area contributed by atoms with Gasteiger partial charge in [-0.1, -0.05) is 34.1 Å². The molecule has 1 aliphatic heterocycles. The van der Waals surface area contributed by atoms with Crippen molar-refractivity contribution in [3.05, 3.63) is 69.0 Å². The number of anilines is 2. The summed E-state index contributed by atoms with van der Waals surface area (Å²) in [6, 6.07) is 10.9. The van der Waals surface area contributed by atoms with Gasteiger partial charge >= 0.3 is 11.9 Å². The van der Waals surface area contributed by atoms with Crippen molar-refractivity contribution in [3.63, 3.8) is 0 Å². The monoisotopic (exact) mass is 669 g/mol. The van der Waals surface area contributed by atoms with E-state index in [1.807, 2.05) is 36.2 Å². The van der Waals surface area contributed by atoms with Crippen molar-refractivity contribution in [3.8, 4) is 11.5 Å². The van der Waals surface area contributed by atoms with Crippen LogP contribution in [0.2, 0.25) is 0 Å². The Bertz CT molecular complexity index is 1620. The molecule has 0 saturated heterocycles. The molecule has 3 N–H and O–H groups in total. The van der Waals surface area contributed by atoms with Gasteiger partial charge in [-0.15, -0.1) is 0 Å². The number of fused-ring (bicyclic) bond motifs is 1. The molecule has 3 aromatic rings. The summed E-state index contributed by atoms with van der Waals surface area (Å²) in [7, 11) is 6.24. The van der Waals surface area contributed by atoms with Crippen LogP contribution in [0.5, 0.6) is 11.5 Å². The minimum absolute atomic E-state index is 0.0481. The zero-order valence-corrected chi connectivity index (χ0v) is 27.1. The van der Waals surface area contributed by atoms with Crippen LogP contribution in [-0.4, -0.2) is 76.6 Å². The second-order valence-electron chi connectivity index (χ2n) is 9.83. The van der Waals surface area contributed by atoms with E-state index in [9.17, 15) is 9.59 Å². The van der Waals surface area contributed by atoms with Gasteiger partial charge < -0.3 is 39.6 Å². The molecular weight excluding hydrogens is 634 g/mol. The number of ether oxygens (including phenoxy) is 5. The number of nitrogens with zero attached hydrogens (tertiary/aromatic N) is 3. The number of benzene rings is 2. The summed E-state index contributed by atoms with van der Waals surface area (Å²) in [5.74, 6) is -0.0873. The third-order valence-corrected chi connectivity index (χ3v) is 7.86. The second kappa shape index (κ2) is 14.4. The highest BCUT2D eigenvalue weighted by Crippen LogP contribution is 2.42. The number of halogens is 1. The Morgan fingerprint density at radius 3 is 2.41 bits per heavy atom. The SMILES string of the molecule is CCOC(=O)C1=C(COCCN(C)c2nc(N)c3cc(OC)c(OC)cc3n2)NC(C)=C(C(=O)OC)C1c1ccccc1Br. The molecule has 2 heterocycles. The fraction of sp³-hybridized carbons (Fsp3) is 0.355. The molecular formula is C31H36BrN5O7. The highest BCUT2D eigenvalue weighted by molar-refractivity contribution is 9.10. The van der Waals surface area contributed by atoms with E-state index in [1.165, 1.54) is 7.11 Å². The molecule has 0 bridgehead atoms. The molecule has 44 heavy (non-hydrogen) atoms. The summed E-state index contributed by atoms with van der Waals surface area (Å²) in [4.78, 5) is 37.3. The average Bonchev–Trinajstić information content (AvgIpc) is 3.01. The fourth-order valence-electron chi connectivity index (χ4n) is 4.97. The van der Waals surface area contributed by atoms with E-state index in [1.54, 1.807) is 40.2 Å². The van der Waals surface area contributed by atoms with Crippen molar-refractivity contribution in [2.75, 3.05) is 65.4 Å². The summed E-state index contributed by atoms with van der Waals surface area (Å²) < 4.78 is 28.1. The maximum absolute atomic E-state index is 13.4. The number of aromatic nitrogens is 2. The number of allylic oxidation sites excluding steroid dienone is 1. The molecule has 0 fully saturated rings. The quantitative estimate of drug-likeness (QED) is 0.211. The number of hydrogen-bond donors (Lipinski definition) is 2. The van der Waals surface area contributed by atoms with Crippen molar-refractivity contribution in [2.45, 2.75) is 19.8 Å². The zero-order chi connectivity index (χ0) is 32.0. The van der Waals surface area contributed by atoms with Gasteiger partial charge in [-0.2, -0.15) is 4.98 Å². The number of dihydropyridines is 1. The first kappa shape index (κ1) is 32.6. The van der Waals surface area contributed by atoms with E-state index in [2.05, 4.69) is 31.2 Å². The Kier molecular flexibility index (Phi) is 10.7. The summed E-state index contributed by atoms with van der Waals surface area (Å²) in [6.45, 7) is 4.37. The lowest BCUT2D eigenvalue weighted by Gasteiger charge is -2.32. The topological polar surface area (TPSA) is 147 Å². The lowest BCUT2D eigenvalue weighted by Crippen LogP contribution is -2.35. The minimum atomic E-state index is -0.746. The lowest BCUT2D eigenvalue weighted by atomic mass is 9.80. The Hall–Kier alpha value is -4.36. The van der Waals surface area contributed by atoms with Crippen LogP contribution in [0.1, 0.15) is 25.3 Å². The van der Waals surface area contributed by atoms with Crippen LogP contribution in [0.3, 0.4) is 0 Å². The highest BCUT2D eigenvalue weighted by Gasteiger charge is 2.39. The number of hydrogen-bond acceptors (Lipinski definition) is 12. The molecule has 0 spiro atoms. The van der Waals surface area contributed by atoms with Crippen LogP contribution in [0.15, 0.2) is 63.4 Å². The van der Waals surface area contributed by atoms with Crippen molar-refractivity contribution in [2.24, 2.45) is 0 Å². The number of likely N-dealkylation sites (N-methyl/N-ethyl adjacent to an activating group) is 1. The van der Waals surface area contributed by atoms with Crippen LogP contribution in [-0.2, 0) is 23.8 Å². The smallest absolute Gasteiger partial charge is 0.336 e. The molecule has 2 aromatic carbocycles. The van der Waals surface area contributed by atoms with Gasteiger partial charge in [0.2, 0.25) is 5.95 Å². The molecule has 13 heteroatoms. The van der Waals surface area contributed by atoms with Gasteiger partial charge in [0, 0.05) is 35.2 Å². The van der Waals surface area contributed by atoms with Crippen molar-refractivity contribution in [1.82, 2.24) is 15.3 Å². The Labute approximate surface area is 264 Å². The van der Waals surface area contributed by atoms with Crippen molar-refractivity contribution in [1.29, 1.82) is 0 Å². The van der Waals surface area contributed by atoms with Crippen LogP contribution >= 0.6 is 15.9 Å². The van der Waals surface area contributed by atoms with Gasteiger partial charge in [0.15, 0.2) is 11.5 Å². The molecule has 0 aliphatic carbocycles. The average molecular weight is 671 g/mol. The molecule has 0 amide bonds. The molecule has 4 rings (SSSR count).